The number of piperidine rings is 1. The Labute approximate surface area is 87.8 Å². The van der Waals surface area contributed by atoms with Gasteiger partial charge in [0.25, 0.3) is 0 Å². The maximum Gasteiger partial charge on any atom is -0.00160 e. The molecule has 1 aliphatic heterocycles. The number of hydrogen-bond acceptors (Lipinski definition) is 2. The molecule has 2 nitrogen and oxygen atoms in total. The molecular formula is C12H24N2. The molecule has 0 bridgehead atoms. The van der Waals surface area contributed by atoms with Gasteiger partial charge in [0.05, 0.1) is 0 Å². The summed E-state index contributed by atoms with van der Waals surface area (Å²) in [4.78, 5) is 2.44. The van der Waals surface area contributed by atoms with Gasteiger partial charge in [-0.05, 0) is 57.3 Å². The highest BCUT2D eigenvalue weighted by Gasteiger charge is 2.35. The second-order valence-electron chi connectivity index (χ2n) is 5.51. The summed E-state index contributed by atoms with van der Waals surface area (Å²) in [6.07, 6.45) is 8.48. The van der Waals surface area contributed by atoms with Gasteiger partial charge in [-0.25, -0.2) is 0 Å². The van der Waals surface area contributed by atoms with Crippen molar-refractivity contribution in [3.63, 3.8) is 0 Å². The molecule has 0 atom stereocenters. The SMILES string of the molecule is CN1CCC(CN)(CC2CCC2)CC1. The van der Waals surface area contributed by atoms with Crippen molar-refractivity contribution in [2.75, 3.05) is 26.7 Å². The number of rotatable bonds is 3. The van der Waals surface area contributed by atoms with Gasteiger partial charge < -0.3 is 10.6 Å². The number of likely N-dealkylation sites (tertiary alicyclic amines) is 1. The maximum absolute atomic E-state index is 5.99. The lowest BCUT2D eigenvalue weighted by Gasteiger charge is -2.43. The van der Waals surface area contributed by atoms with Crippen molar-refractivity contribution in [1.82, 2.24) is 4.90 Å². The van der Waals surface area contributed by atoms with Gasteiger partial charge in [0.15, 0.2) is 0 Å². The van der Waals surface area contributed by atoms with Crippen molar-refractivity contribution in [1.29, 1.82) is 0 Å². The van der Waals surface area contributed by atoms with Gasteiger partial charge in [-0.3, -0.25) is 0 Å². The monoisotopic (exact) mass is 196 g/mol. The lowest BCUT2D eigenvalue weighted by Crippen LogP contribution is -2.44. The zero-order valence-corrected chi connectivity index (χ0v) is 9.47. The molecule has 1 saturated heterocycles. The van der Waals surface area contributed by atoms with Gasteiger partial charge in [-0.2, -0.15) is 0 Å². The van der Waals surface area contributed by atoms with Crippen LogP contribution in [0, 0.1) is 11.3 Å². The van der Waals surface area contributed by atoms with E-state index in [1.54, 1.807) is 0 Å². The van der Waals surface area contributed by atoms with Crippen LogP contribution >= 0.6 is 0 Å². The number of hydrogen-bond donors (Lipinski definition) is 1. The van der Waals surface area contributed by atoms with E-state index in [9.17, 15) is 0 Å². The zero-order valence-electron chi connectivity index (χ0n) is 9.47. The van der Waals surface area contributed by atoms with Crippen LogP contribution in [0.3, 0.4) is 0 Å². The van der Waals surface area contributed by atoms with Gasteiger partial charge in [-0.15, -0.1) is 0 Å². The number of nitrogens with zero attached hydrogens (tertiary/aromatic N) is 1. The van der Waals surface area contributed by atoms with Crippen LogP contribution in [0.2, 0.25) is 0 Å². The molecule has 2 fully saturated rings. The van der Waals surface area contributed by atoms with E-state index < -0.39 is 0 Å². The highest BCUT2D eigenvalue weighted by Crippen LogP contribution is 2.42. The molecule has 1 saturated carbocycles. The minimum Gasteiger partial charge on any atom is -0.330 e. The minimum atomic E-state index is 0.512. The molecule has 1 heterocycles. The Balaban J connectivity index is 1.88. The van der Waals surface area contributed by atoms with Gasteiger partial charge in [0.2, 0.25) is 0 Å². The Kier molecular flexibility index (Phi) is 3.13. The van der Waals surface area contributed by atoms with Crippen molar-refractivity contribution >= 4 is 0 Å². The van der Waals surface area contributed by atoms with Crippen LogP contribution in [-0.4, -0.2) is 31.6 Å². The zero-order chi connectivity index (χ0) is 10.0. The fourth-order valence-corrected chi connectivity index (χ4v) is 2.89. The molecular weight excluding hydrogens is 172 g/mol. The van der Waals surface area contributed by atoms with E-state index in [0.717, 1.165) is 12.5 Å². The summed E-state index contributed by atoms with van der Waals surface area (Å²) >= 11 is 0. The molecule has 82 valence electrons. The summed E-state index contributed by atoms with van der Waals surface area (Å²) in [6.45, 7) is 3.42. The van der Waals surface area contributed by atoms with Crippen LogP contribution in [0.4, 0.5) is 0 Å². The van der Waals surface area contributed by atoms with Crippen molar-refractivity contribution in [2.45, 2.75) is 38.5 Å². The van der Waals surface area contributed by atoms with Crippen molar-refractivity contribution < 1.29 is 0 Å². The standard InChI is InChI=1S/C12H24N2/c1-14-7-5-12(10-13,6-8-14)9-11-3-2-4-11/h11H,2-10,13H2,1H3. The molecule has 2 aliphatic rings. The molecule has 0 aromatic rings. The topological polar surface area (TPSA) is 29.3 Å². The van der Waals surface area contributed by atoms with E-state index in [-0.39, 0.29) is 0 Å². The third-order valence-electron chi connectivity index (χ3n) is 4.43. The summed E-state index contributed by atoms with van der Waals surface area (Å²) in [6, 6.07) is 0. The third kappa shape index (κ3) is 2.12. The quantitative estimate of drug-likeness (QED) is 0.746. The summed E-state index contributed by atoms with van der Waals surface area (Å²) in [5.41, 5.74) is 6.50. The first-order valence-electron chi connectivity index (χ1n) is 6.13. The molecule has 0 aromatic carbocycles. The molecule has 1 aliphatic carbocycles. The molecule has 2 heteroatoms. The molecule has 14 heavy (non-hydrogen) atoms. The van der Waals surface area contributed by atoms with Crippen LogP contribution < -0.4 is 5.73 Å². The van der Waals surface area contributed by atoms with E-state index in [1.165, 1.54) is 51.6 Å². The summed E-state index contributed by atoms with van der Waals surface area (Å²) in [7, 11) is 2.23. The second kappa shape index (κ2) is 4.19. The molecule has 0 unspecified atom stereocenters. The summed E-state index contributed by atoms with van der Waals surface area (Å²) in [5, 5.41) is 0. The predicted molar refractivity (Wildman–Crippen MR) is 60.2 cm³/mol. The van der Waals surface area contributed by atoms with Crippen molar-refractivity contribution in [2.24, 2.45) is 17.1 Å². The van der Waals surface area contributed by atoms with Crippen LogP contribution in [0.25, 0.3) is 0 Å². The minimum absolute atomic E-state index is 0.512. The first-order chi connectivity index (χ1) is 6.74. The maximum atomic E-state index is 5.99. The lowest BCUT2D eigenvalue weighted by molar-refractivity contribution is 0.0811. The first-order valence-corrected chi connectivity index (χ1v) is 6.13. The molecule has 0 spiro atoms. The number of nitrogens with two attached hydrogens (primary N) is 1. The predicted octanol–water partition coefficient (Wildman–Crippen LogP) is 1.85. The van der Waals surface area contributed by atoms with Crippen LogP contribution in [0.1, 0.15) is 38.5 Å². The fourth-order valence-electron chi connectivity index (χ4n) is 2.89. The average Bonchev–Trinajstić information content (AvgIpc) is 2.15. The van der Waals surface area contributed by atoms with Gasteiger partial charge in [-0.1, -0.05) is 19.3 Å². The smallest absolute Gasteiger partial charge is 0.00160 e. The fraction of sp³-hybridized carbons (Fsp3) is 1.00. The van der Waals surface area contributed by atoms with E-state index in [2.05, 4.69) is 11.9 Å². The van der Waals surface area contributed by atoms with E-state index >= 15 is 0 Å². The largest absolute Gasteiger partial charge is 0.330 e. The van der Waals surface area contributed by atoms with Gasteiger partial charge in [0, 0.05) is 0 Å². The lowest BCUT2D eigenvalue weighted by atomic mass is 9.67. The average molecular weight is 196 g/mol. The van der Waals surface area contributed by atoms with Crippen LogP contribution in [0.15, 0.2) is 0 Å². The van der Waals surface area contributed by atoms with E-state index in [1.807, 2.05) is 0 Å². The highest BCUT2D eigenvalue weighted by molar-refractivity contribution is 4.89. The molecule has 0 aromatic heterocycles. The van der Waals surface area contributed by atoms with Crippen molar-refractivity contribution in [3.05, 3.63) is 0 Å². The Hall–Kier alpha value is -0.0800. The van der Waals surface area contributed by atoms with Crippen molar-refractivity contribution in [3.8, 4) is 0 Å². The Morgan fingerprint density at radius 1 is 1.29 bits per heavy atom. The Morgan fingerprint density at radius 3 is 2.36 bits per heavy atom. The first kappa shape index (κ1) is 10.4. The molecule has 0 amide bonds. The van der Waals surface area contributed by atoms with Gasteiger partial charge in [0.1, 0.15) is 0 Å². The van der Waals surface area contributed by atoms with Crippen LogP contribution in [0.5, 0.6) is 0 Å². The molecule has 2 rings (SSSR count). The highest BCUT2D eigenvalue weighted by atomic mass is 15.1. The summed E-state index contributed by atoms with van der Waals surface area (Å²) < 4.78 is 0. The van der Waals surface area contributed by atoms with E-state index in [0.29, 0.717) is 5.41 Å². The molecule has 0 radical (unpaired) electrons. The summed E-state index contributed by atoms with van der Waals surface area (Å²) in [5.74, 6) is 1.02. The molecule has 2 N–H and O–H groups in total. The van der Waals surface area contributed by atoms with E-state index in [4.69, 9.17) is 5.73 Å². The Bertz CT molecular complexity index is 179. The van der Waals surface area contributed by atoms with Gasteiger partial charge >= 0.3 is 0 Å². The normalized spacial score (nSPS) is 28.7. The Morgan fingerprint density at radius 2 is 1.93 bits per heavy atom. The van der Waals surface area contributed by atoms with Crippen LogP contribution in [-0.2, 0) is 0 Å². The second-order valence-corrected chi connectivity index (χ2v) is 5.51. The third-order valence-corrected chi connectivity index (χ3v) is 4.43.